The van der Waals surface area contributed by atoms with Crippen LogP contribution in [0.25, 0.3) is 10.9 Å². The Morgan fingerprint density at radius 2 is 1.73 bits per heavy atom. The lowest BCUT2D eigenvalue weighted by molar-refractivity contribution is -0.116. The molecular weight excluding hydrogens is 466 g/mol. The van der Waals surface area contributed by atoms with Crippen molar-refractivity contribution >= 4 is 49.8 Å². The maximum atomic E-state index is 13.2. The van der Waals surface area contributed by atoms with Gasteiger partial charge in [-0.25, -0.2) is 4.79 Å². The number of halogens is 1. The van der Waals surface area contributed by atoms with Crippen molar-refractivity contribution in [2.24, 2.45) is 0 Å². The predicted octanol–water partition coefficient (Wildman–Crippen LogP) is 3.87. The third-order valence-electron chi connectivity index (χ3n) is 4.74. The first-order valence-corrected chi connectivity index (χ1v) is 11.0. The fourth-order valence-electron chi connectivity index (χ4n) is 3.29. The Morgan fingerprint density at radius 1 is 0.967 bits per heavy atom. The number of nitrogens with one attached hydrogen (secondary N) is 1. The topological polar surface area (TPSA) is 73.1 Å². The van der Waals surface area contributed by atoms with Crippen molar-refractivity contribution < 1.29 is 4.79 Å². The Balaban J connectivity index is 1.71. The molecule has 0 bridgehead atoms. The van der Waals surface area contributed by atoms with Gasteiger partial charge >= 0.3 is 5.69 Å². The molecule has 2 aromatic heterocycles. The van der Waals surface area contributed by atoms with Crippen LogP contribution in [0, 0.1) is 0 Å². The average molecular weight is 484 g/mol. The van der Waals surface area contributed by atoms with E-state index in [0.717, 1.165) is 9.35 Å². The molecule has 0 spiro atoms. The van der Waals surface area contributed by atoms with Crippen LogP contribution in [0.15, 0.2) is 80.1 Å². The molecule has 0 saturated heterocycles. The van der Waals surface area contributed by atoms with E-state index in [2.05, 4.69) is 21.2 Å². The van der Waals surface area contributed by atoms with Crippen molar-refractivity contribution in [3.8, 4) is 0 Å². The Hall–Kier alpha value is -2.97. The summed E-state index contributed by atoms with van der Waals surface area (Å²) < 4.78 is 3.32. The van der Waals surface area contributed by atoms with Crippen molar-refractivity contribution in [3.63, 3.8) is 0 Å². The molecule has 2 aromatic carbocycles. The van der Waals surface area contributed by atoms with Crippen molar-refractivity contribution in [2.75, 3.05) is 5.32 Å². The molecule has 0 radical (unpaired) electrons. The largest absolute Gasteiger partial charge is 0.331 e. The highest BCUT2D eigenvalue weighted by Gasteiger charge is 2.16. The summed E-state index contributed by atoms with van der Waals surface area (Å²) in [5.74, 6) is -0.349. The van der Waals surface area contributed by atoms with Gasteiger partial charge in [0.25, 0.3) is 5.56 Å². The first-order chi connectivity index (χ1) is 14.5. The van der Waals surface area contributed by atoms with E-state index in [4.69, 9.17) is 0 Å². The molecule has 152 valence electrons. The van der Waals surface area contributed by atoms with Gasteiger partial charge in [0.2, 0.25) is 5.91 Å². The molecule has 1 N–H and O–H groups in total. The summed E-state index contributed by atoms with van der Waals surface area (Å²) in [5.41, 5.74) is 0.236. The fourth-order valence-corrected chi connectivity index (χ4v) is 4.38. The molecule has 0 aliphatic carbocycles. The van der Waals surface area contributed by atoms with Crippen LogP contribution >= 0.6 is 27.3 Å². The first kappa shape index (κ1) is 20.3. The molecule has 1 amide bonds. The molecule has 0 atom stereocenters. The SMILES string of the molecule is O=C(Cn1c(=O)n(CCc2cccs2)c(=O)c2ccccc21)Nc1ccccc1Br. The summed E-state index contributed by atoms with van der Waals surface area (Å²) in [4.78, 5) is 39.9. The third kappa shape index (κ3) is 4.15. The van der Waals surface area contributed by atoms with Crippen LogP contribution in [0.4, 0.5) is 5.69 Å². The molecule has 0 aliphatic rings. The van der Waals surface area contributed by atoms with Gasteiger partial charge in [-0.1, -0.05) is 30.3 Å². The summed E-state index contributed by atoms with van der Waals surface area (Å²) in [6.07, 6.45) is 0.578. The van der Waals surface area contributed by atoms with E-state index in [1.165, 1.54) is 9.13 Å². The van der Waals surface area contributed by atoms with Gasteiger partial charge in [0.1, 0.15) is 6.54 Å². The molecule has 4 rings (SSSR count). The smallest absolute Gasteiger partial charge is 0.324 e. The normalized spacial score (nSPS) is 11.0. The number of carbonyl (C=O) groups excluding carboxylic acids is 1. The second-order valence-electron chi connectivity index (χ2n) is 6.70. The zero-order valence-corrected chi connectivity index (χ0v) is 18.3. The minimum atomic E-state index is -0.488. The monoisotopic (exact) mass is 483 g/mol. The molecule has 0 fully saturated rings. The minimum Gasteiger partial charge on any atom is -0.324 e. The van der Waals surface area contributed by atoms with Crippen molar-refractivity contribution in [3.05, 3.63) is 96.2 Å². The molecule has 0 saturated carbocycles. The first-order valence-electron chi connectivity index (χ1n) is 9.34. The number of aromatic nitrogens is 2. The van der Waals surface area contributed by atoms with E-state index < -0.39 is 5.69 Å². The number of para-hydroxylation sites is 2. The number of fused-ring (bicyclic) bond motifs is 1. The second kappa shape index (κ2) is 8.81. The third-order valence-corrected chi connectivity index (χ3v) is 6.37. The Kier molecular flexibility index (Phi) is 5.96. The van der Waals surface area contributed by atoms with Gasteiger partial charge in [-0.3, -0.25) is 18.7 Å². The number of nitrogens with zero attached hydrogens (tertiary/aromatic N) is 2. The number of anilines is 1. The zero-order valence-electron chi connectivity index (χ0n) is 15.9. The summed E-state index contributed by atoms with van der Waals surface area (Å²) in [7, 11) is 0. The Labute approximate surface area is 184 Å². The second-order valence-corrected chi connectivity index (χ2v) is 8.59. The number of aryl methyl sites for hydroxylation is 1. The number of thiophene rings is 1. The molecule has 6 nitrogen and oxygen atoms in total. The van der Waals surface area contributed by atoms with Crippen LogP contribution in [0.2, 0.25) is 0 Å². The lowest BCUT2D eigenvalue weighted by Crippen LogP contribution is -2.42. The van der Waals surface area contributed by atoms with Gasteiger partial charge in [-0.15, -0.1) is 11.3 Å². The van der Waals surface area contributed by atoms with Crippen LogP contribution < -0.4 is 16.6 Å². The van der Waals surface area contributed by atoms with Crippen molar-refractivity contribution in [1.29, 1.82) is 0 Å². The molecule has 4 aromatic rings. The van der Waals surface area contributed by atoms with E-state index in [-0.39, 0.29) is 24.6 Å². The van der Waals surface area contributed by atoms with E-state index in [1.54, 1.807) is 41.7 Å². The van der Waals surface area contributed by atoms with Crippen LogP contribution in [0.3, 0.4) is 0 Å². The maximum absolute atomic E-state index is 13.2. The van der Waals surface area contributed by atoms with Gasteiger partial charge in [0.05, 0.1) is 16.6 Å². The van der Waals surface area contributed by atoms with Gasteiger partial charge in [-0.2, -0.15) is 0 Å². The van der Waals surface area contributed by atoms with Crippen LogP contribution in [-0.4, -0.2) is 15.0 Å². The summed E-state index contributed by atoms with van der Waals surface area (Å²) in [6.45, 7) is 0.0643. The summed E-state index contributed by atoms with van der Waals surface area (Å²) in [6, 6.07) is 18.0. The number of hydrogen-bond donors (Lipinski definition) is 1. The number of carbonyl (C=O) groups is 1. The molecule has 0 unspecified atom stereocenters. The van der Waals surface area contributed by atoms with E-state index >= 15 is 0 Å². The Morgan fingerprint density at radius 3 is 2.50 bits per heavy atom. The average Bonchev–Trinajstić information content (AvgIpc) is 3.26. The van der Waals surface area contributed by atoms with E-state index in [0.29, 0.717) is 23.0 Å². The molecular formula is C22H18BrN3O3S. The highest BCUT2D eigenvalue weighted by atomic mass is 79.9. The minimum absolute atomic E-state index is 0.194. The van der Waals surface area contributed by atoms with Gasteiger partial charge in [-0.05, 0) is 58.1 Å². The highest BCUT2D eigenvalue weighted by molar-refractivity contribution is 9.10. The number of amides is 1. The number of hydrogen-bond acceptors (Lipinski definition) is 4. The Bertz CT molecular complexity index is 1330. The van der Waals surface area contributed by atoms with E-state index in [1.807, 2.05) is 35.7 Å². The molecule has 0 aliphatic heterocycles. The number of rotatable bonds is 6. The van der Waals surface area contributed by atoms with Crippen LogP contribution in [0.1, 0.15) is 4.88 Å². The van der Waals surface area contributed by atoms with Crippen LogP contribution in [-0.2, 0) is 24.3 Å². The van der Waals surface area contributed by atoms with Gasteiger partial charge < -0.3 is 5.32 Å². The lowest BCUT2D eigenvalue weighted by Gasteiger charge is -2.14. The van der Waals surface area contributed by atoms with Gasteiger partial charge in [0, 0.05) is 15.9 Å². The zero-order chi connectivity index (χ0) is 21.1. The molecule has 2 heterocycles. The standard InChI is InChI=1S/C22H18BrN3O3S/c23-17-8-2-3-9-18(17)24-20(27)14-26-19-10-4-1-7-16(19)21(28)25(22(26)29)12-11-15-6-5-13-30-15/h1-10,13H,11-12,14H2,(H,24,27). The summed E-state index contributed by atoms with van der Waals surface area (Å²) >= 11 is 4.98. The maximum Gasteiger partial charge on any atom is 0.331 e. The molecule has 30 heavy (non-hydrogen) atoms. The van der Waals surface area contributed by atoms with Gasteiger partial charge in [0.15, 0.2) is 0 Å². The van der Waals surface area contributed by atoms with Crippen molar-refractivity contribution in [2.45, 2.75) is 19.5 Å². The summed E-state index contributed by atoms with van der Waals surface area (Å²) in [5, 5.41) is 5.18. The highest BCUT2D eigenvalue weighted by Crippen LogP contribution is 2.21. The lowest BCUT2D eigenvalue weighted by atomic mass is 10.2. The fraction of sp³-hybridized carbons (Fsp3) is 0.136. The number of benzene rings is 2. The quantitative estimate of drug-likeness (QED) is 0.452. The van der Waals surface area contributed by atoms with Crippen molar-refractivity contribution in [1.82, 2.24) is 9.13 Å². The molecule has 8 heteroatoms. The van der Waals surface area contributed by atoms with E-state index in [9.17, 15) is 14.4 Å². The van der Waals surface area contributed by atoms with Crippen LogP contribution in [0.5, 0.6) is 0 Å². The predicted molar refractivity (Wildman–Crippen MR) is 123 cm³/mol.